The highest BCUT2D eigenvalue weighted by atomic mass is 16.5. The number of carbonyl (C=O) groups excluding carboxylic acids is 2. The van der Waals surface area contributed by atoms with Gasteiger partial charge >= 0.3 is 0 Å². The molecule has 0 spiro atoms. The van der Waals surface area contributed by atoms with E-state index in [-0.39, 0.29) is 11.8 Å². The summed E-state index contributed by atoms with van der Waals surface area (Å²) in [5.41, 5.74) is 0.352. The molecule has 8 nitrogen and oxygen atoms in total. The third-order valence-corrected chi connectivity index (χ3v) is 6.42. The SMILES string of the molecule is Cc1cc(C(=O)N(C)CCN(C2CCOCC2)C2CCN(C(=O)C3CC3)C2)no1. The zero-order chi connectivity index (χ0) is 20.4. The van der Waals surface area contributed by atoms with Crippen LogP contribution in [0.15, 0.2) is 10.6 Å². The summed E-state index contributed by atoms with van der Waals surface area (Å²) in [5, 5.41) is 3.84. The van der Waals surface area contributed by atoms with Gasteiger partial charge in [-0.3, -0.25) is 14.5 Å². The van der Waals surface area contributed by atoms with E-state index in [9.17, 15) is 9.59 Å². The normalized spacial score (nSPS) is 23.0. The summed E-state index contributed by atoms with van der Waals surface area (Å²) in [7, 11) is 1.81. The van der Waals surface area contributed by atoms with E-state index in [0.717, 1.165) is 65.0 Å². The molecule has 2 saturated heterocycles. The first-order valence-corrected chi connectivity index (χ1v) is 10.8. The first-order chi connectivity index (χ1) is 14.0. The van der Waals surface area contributed by atoms with Crippen molar-refractivity contribution in [3.05, 3.63) is 17.5 Å². The molecule has 8 heteroatoms. The smallest absolute Gasteiger partial charge is 0.275 e. The third kappa shape index (κ3) is 4.80. The van der Waals surface area contributed by atoms with E-state index in [1.165, 1.54) is 0 Å². The molecule has 1 saturated carbocycles. The lowest BCUT2D eigenvalue weighted by Crippen LogP contribution is -2.50. The molecule has 1 aliphatic carbocycles. The van der Waals surface area contributed by atoms with Crippen LogP contribution in [0.2, 0.25) is 0 Å². The van der Waals surface area contributed by atoms with Gasteiger partial charge in [0, 0.05) is 70.5 Å². The molecule has 1 unspecified atom stereocenters. The first-order valence-electron chi connectivity index (χ1n) is 10.8. The van der Waals surface area contributed by atoms with Crippen molar-refractivity contribution in [1.82, 2.24) is 19.9 Å². The zero-order valence-electron chi connectivity index (χ0n) is 17.5. The van der Waals surface area contributed by atoms with Crippen LogP contribution in [0.5, 0.6) is 0 Å². The number of hydrogen-bond acceptors (Lipinski definition) is 6. The standard InChI is InChI=1S/C21H32N4O4/c1-15-13-19(22-29-15)21(27)23(2)9-10-25(17-6-11-28-12-7-17)18-5-8-24(14-18)20(26)16-3-4-16/h13,16-18H,3-12,14H2,1-2H3. The highest BCUT2D eigenvalue weighted by Crippen LogP contribution is 2.33. The minimum atomic E-state index is -0.120. The molecule has 160 valence electrons. The number of likely N-dealkylation sites (N-methyl/N-ethyl adjacent to an activating group) is 1. The van der Waals surface area contributed by atoms with Gasteiger partial charge in [-0.15, -0.1) is 0 Å². The van der Waals surface area contributed by atoms with Crippen molar-refractivity contribution in [3.8, 4) is 0 Å². The lowest BCUT2D eigenvalue weighted by molar-refractivity contribution is -0.131. The van der Waals surface area contributed by atoms with Gasteiger partial charge in [-0.1, -0.05) is 5.16 Å². The van der Waals surface area contributed by atoms with E-state index in [0.29, 0.717) is 36.0 Å². The summed E-state index contributed by atoms with van der Waals surface area (Å²) in [6.07, 6.45) is 5.13. The summed E-state index contributed by atoms with van der Waals surface area (Å²) in [6, 6.07) is 2.48. The van der Waals surface area contributed by atoms with Crippen LogP contribution in [0.3, 0.4) is 0 Å². The monoisotopic (exact) mass is 404 g/mol. The van der Waals surface area contributed by atoms with Gasteiger partial charge in [0.1, 0.15) is 5.76 Å². The predicted octanol–water partition coefficient (Wildman–Crippen LogP) is 1.55. The first kappa shape index (κ1) is 20.3. The fourth-order valence-electron chi connectivity index (χ4n) is 4.51. The Bertz CT molecular complexity index is 726. The zero-order valence-corrected chi connectivity index (χ0v) is 17.5. The van der Waals surface area contributed by atoms with Crippen LogP contribution in [0.25, 0.3) is 0 Å². The Morgan fingerprint density at radius 2 is 1.90 bits per heavy atom. The van der Waals surface area contributed by atoms with E-state index in [1.807, 2.05) is 7.05 Å². The summed E-state index contributed by atoms with van der Waals surface area (Å²) < 4.78 is 10.6. The van der Waals surface area contributed by atoms with Crippen LogP contribution in [0.1, 0.15) is 48.4 Å². The number of likely N-dealkylation sites (tertiary alicyclic amines) is 1. The second-order valence-corrected chi connectivity index (χ2v) is 8.63. The average Bonchev–Trinajstić information content (AvgIpc) is 3.32. The minimum absolute atomic E-state index is 0.120. The Morgan fingerprint density at radius 1 is 1.14 bits per heavy atom. The van der Waals surface area contributed by atoms with E-state index in [1.54, 1.807) is 17.9 Å². The van der Waals surface area contributed by atoms with Crippen LogP contribution in [0, 0.1) is 12.8 Å². The molecule has 4 rings (SSSR count). The maximum atomic E-state index is 12.6. The summed E-state index contributed by atoms with van der Waals surface area (Å²) in [4.78, 5) is 31.4. The Kier molecular flexibility index (Phi) is 6.20. The van der Waals surface area contributed by atoms with Gasteiger partial charge in [0.25, 0.3) is 5.91 Å². The fourth-order valence-corrected chi connectivity index (χ4v) is 4.51. The molecule has 0 N–H and O–H groups in total. The van der Waals surface area contributed by atoms with Crippen molar-refractivity contribution in [2.75, 3.05) is 46.4 Å². The van der Waals surface area contributed by atoms with Crippen molar-refractivity contribution in [2.45, 2.75) is 51.1 Å². The molecule has 1 aromatic rings. The van der Waals surface area contributed by atoms with Crippen molar-refractivity contribution >= 4 is 11.8 Å². The largest absolute Gasteiger partial charge is 0.381 e. The number of nitrogens with zero attached hydrogens (tertiary/aromatic N) is 4. The highest BCUT2D eigenvalue weighted by molar-refractivity contribution is 5.92. The molecule has 0 bridgehead atoms. The van der Waals surface area contributed by atoms with Crippen molar-refractivity contribution in [3.63, 3.8) is 0 Å². The second-order valence-electron chi connectivity index (χ2n) is 8.63. The lowest BCUT2D eigenvalue weighted by atomic mass is 10.0. The van der Waals surface area contributed by atoms with Gasteiger partial charge in [-0.2, -0.15) is 0 Å². The van der Waals surface area contributed by atoms with Gasteiger partial charge < -0.3 is 19.1 Å². The van der Waals surface area contributed by atoms with Crippen LogP contribution >= 0.6 is 0 Å². The summed E-state index contributed by atoms with van der Waals surface area (Å²) in [5.74, 6) is 1.13. The number of amides is 2. The van der Waals surface area contributed by atoms with E-state index in [2.05, 4.69) is 15.0 Å². The lowest BCUT2D eigenvalue weighted by Gasteiger charge is -2.39. The second kappa shape index (κ2) is 8.83. The number of rotatable bonds is 7. The minimum Gasteiger partial charge on any atom is -0.381 e. The van der Waals surface area contributed by atoms with Crippen molar-refractivity contribution < 1.29 is 18.8 Å². The van der Waals surface area contributed by atoms with Gasteiger partial charge in [0.15, 0.2) is 5.69 Å². The molecule has 3 fully saturated rings. The Labute approximate surface area is 172 Å². The Morgan fingerprint density at radius 3 is 2.55 bits per heavy atom. The van der Waals surface area contributed by atoms with Crippen LogP contribution in [-0.4, -0.2) is 90.2 Å². The fraction of sp³-hybridized carbons (Fsp3) is 0.762. The molecule has 0 aromatic carbocycles. The average molecular weight is 405 g/mol. The molecular formula is C21H32N4O4. The van der Waals surface area contributed by atoms with Crippen LogP contribution < -0.4 is 0 Å². The number of hydrogen-bond donors (Lipinski definition) is 0. The van der Waals surface area contributed by atoms with E-state index < -0.39 is 0 Å². The molecule has 1 atom stereocenters. The number of carbonyl (C=O) groups is 2. The van der Waals surface area contributed by atoms with Crippen LogP contribution in [0.4, 0.5) is 0 Å². The molecule has 1 aromatic heterocycles. The van der Waals surface area contributed by atoms with Gasteiger partial charge in [0.05, 0.1) is 0 Å². The third-order valence-electron chi connectivity index (χ3n) is 6.42. The topological polar surface area (TPSA) is 79.1 Å². The molecule has 2 amide bonds. The molecule has 2 aliphatic heterocycles. The number of aromatic nitrogens is 1. The maximum Gasteiger partial charge on any atom is 0.275 e. The Hall–Kier alpha value is -1.93. The summed E-state index contributed by atoms with van der Waals surface area (Å²) in [6.45, 7) is 6.43. The van der Waals surface area contributed by atoms with E-state index in [4.69, 9.17) is 9.26 Å². The highest BCUT2D eigenvalue weighted by Gasteiger charge is 2.39. The van der Waals surface area contributed by atoms with E-state index >= 15 is 0 Å². The van der Waals surface area contributed by atoms with Gasteiger partial charge in [-0.05, 0) is 39.0 Å². The Balaban J connectivity index is 1.38. The van der Waals surface area contributed by atoms with Gasteiger partial charge in [0.2, 0.25) is 5.91 Å². The van der Waals surface area contributed by atoms with Crippen LogP contribution in [-0.2, 0) is 9.53 Å². The molecule has 29 heavy (non-hydrogen) atoms. The van der Waals surface area contributed by atoms with Crippen molar-refractivity contribution in [1.29, 1.82) is 0 Å². The number of aryl methyl sites for hydroxylation is 1. The maximum absolute atomic E-state index is 12.6. The number of ether oxygens (including phenoxy) is 1. The molecule has 3 aliphatic rings. The molecule has 0 radical (unpaired) electrons. The summed E-state index contributed by atoms with van der Waals surface area (Å²) >= 11 is 0. The quantitative estimate of drug-likeness (QED) is 0.686. The predicted molar refractivity (Wildman–Crippen MR) is 106 cm³/mol. The molecule has 3 heterocycles. The molecular weight excluding hydrogens is 372 g/mol. The van der Waals surface area contributed by atoms with Gasteiger partial charge in [-0.25, -0.2) is 0 Å². The van der Waals surface area contributed by atoms with Crippen molar-refractivity contribution in [2.24, 2.45) is 5.92 Å².